The Hall–Kier alpha value is -2.94. The first-order chi connectivity index (χ1) is 17.6. The number of ketones is 1. The number of ether oxygens (including phenoxy) is 2. The van der Waals surface area contributed by atoms with E-state index in [-0.39, 0.29) is 24.0 Å². The van der Waals surface area contributed by atoms with Crippen LogP contribution in [0.4, 0.5) is 4.79 Å². The summed E-state index contributed by atoms with van der Waals surface area (Å²) in [5.74, 6) is -0.888. The zero-order valence-corrected chi connectivity index (χ0v) is 24.1. The van der Waals surface area contributed by atoms with Crippen molar-refractivity contribution in [2.24, 2.45) is 11.8 Å². The molecular formula is C29H45N3O6. The maximum atomic E-state index is 13.6. The molecule has 0 spiro atoms. The molecule has 0 bridgehead atoms. The van der Waals surface area contributed by atoms with Crippen LogP contribution in [0, 0.1) is 11.8 Å². The second kappa shape index (κ2) is 13.2. The van der Waals surface area contributed by atoms with Crippen LogP contribution in [-0.4, -0.2) is 59.6 Å². The molecule has 1 aliphatic heterocycles. The van der Waals surface area contributed by atoms with E-state index in [1.807, 2.05) is 58.0 Å². The second-order valence-electron chi connectivity index (χ2n) is 12.2. The van der Waals surface area contributed by atoms with E-state index in [9.17, 15) is 19.2 Å². The molecule has 0 unspecified atom stereocenters. The van der Waals surface area contributed by atoms with Gasteiger partial charge in [0.15, 0.2) is 5.78 Å². The summed E-state index contributed by atoms with van der Waals surface area (Å²) < 4.78 is 10.7. The molecule has 0 aromatic heterocycles. The van der Waals surface area contributed by atoms with Crippen molar-refractivity contribution in [3.63, 3.8) is 0 Å². The number of carbonyl (C=O) groups is 4. The zero-order valence-electron chi connectivity index (χ0n) is 24.1. The van der Waals surface area contributed by atoms with E-state index in [4.69, 9.17) is 9.47 Å². The Kier molecular flexibility index (Phi) is 10.9. The molecule has 0 radical (unpaired) electrons. The molecule has 4 atom stereocenters. The van der Waals surface area contributed by atoms with E-state index in [0.29, 0.717) is 19.4 Å². The Morgan fingerprint density at radius 2 is 1.37 bits per heavy atom. The Labute approximate surface area is 226 Å². The van der Waals surface area contributed by atoms with Gasteiger partial charge >= 0.3 is 6.09 Å². The van der Waals surface area contributed by atoms with Gasteiger partial charge < -0.3 is 25.4 Å². The number of hydrogen-bond acceptors (Lipinski definition) is 6. The highest BCUT2D eigenvalue weighted by atomic mass is 16.6. The van der Waals surface area contributed by atoms with Crippen molar-refractivity contribution < 1.29 is 28.7 Å². The van der Waals surface area contributed by atoms with E-state index >= 15 is 0 Å². The summed E-state index contributed by atoms with van der Waals surface area (Å²) in [4.78, 5) is 52.5. The predicted octanol–water partition coefficient (Wildman–Crippen LogP) is 3.54. The topological polar surface area (TPSA) is 126 Å². The Balaban J connectivity index is 2.25. The second-order valence-corrected chi connectivity index (χ2v) is 12.2. The fourth-order valence-electron chi connectivity index (χ4n) is 4.08. The molecule has 9 heteroatoms. The van der Waals surface area contributed by atoms with E-state index in [1.165, 1.54) is 0 Å². The normalized spacial score (nSPS) is 19.3. The number of carbonyl (C=O) groups excluding carboxylic acids is 4. The van der Waals surface area contributed by atoms with Gasteiger partial charge in [0.2, 0.25) is 11.8 Å². The van der Waals surface area contributed by atoms with Crippen LogP contribution in [0.3, 0.4) is 0 Å². The van der Waals surface area contributed by atoms with Gasteiger partial charge in [0.25, 0.3) is 0 Å². The summed E-state index contributed by atoms with van der Waals surface area (Å²) in [6.45, 7) is 15.1. The minimum atomic E-state index is -0.963. The summed E-state index contributed by atoms with van der Waals surface area (Å²) in [7, 11) is 0. The van der Waals surface area contributed by atoms with E-state index in [1.54, 1.807) is 27.7 Å². The molecule has 1 saturated heterocycles. The van der Waals surface area contributed by atoms with Gasteiger partial charge in [0, 0.05) is 6.42 Å². The predicted molar refractivity (Wildman–Crippen MR) is 145 cm³/mol. The maximum Gasteiger partial charge on any atom is 0.408 e. The molecule has 9 nitrogen and oxygen atoms in total. The van der Waals surface area contributed by atoms with Gasteiger partial charge in [0.05, 0.1) is 12.6 Å². The lowest BCUT2D eigenvalue weighted by Gasteiger charge is -2.27. The van der Waals surface area contributed by atoms with Crippen LogP contribution >= 0.6 is 0 Å². The van der Waals surface area contributed by atoms with Crippen molar-refractivity contribution in [2.45, 2.75) is 104 Å². The molecule has 38 heavy (non-hydrogen) atoms. The number of amides is 3. The Bertz CT molecular complexity index is 966. The minimum Gasteiger partial charge on any atom is -0.444 e. The number of alkyl carbamates (subject to hydrolysis) is 1. The van der Waals surface area contributed by atoms with Crippen molar-refractivity contribution in [2.75, 3.05) is 6.61 Å². The molecule has 0 saturated carbocycles. The van der Waals surface area contributed by atoms with Crippen molar-refractivity contribution in [3.05, 3.63) is 35.9 Å². The molecule has 2 rings (SSSR count). The van der Waals surface area contributed by atoms with Gasteiger partial charge in [-0.15, -0.1) is 0 Å². The molecule has 1 aromatic rings. The SMILES string of the molecule is CC(C)C[C@H](NC(=O)OC(C)(C)C)C(=O)N[C@@H](Cc1ccccc1)C(=O)N[C@@H](CC(C)C)C(=O)[C@@]1(C)CO1. The number of nitrogens with one attached hydrogen (secondary N) is 3. The van der Waals surface area contributed by atoms with Gasteiger partial charge in [-0.2, -0.15) is 0 Å². The fraction of sp³-hybridized carbons (Fsp3) is 0.655. The van der Waals surface area contributed by atoms with Crippen LogP contribution in [0.5, 0.6) is 0 Å². The third kappa shape index (κ3) is 10.4. The summed E-state index contributed by atoms with van der Waals surface area (Å²) in [5, 5.41) is 8.35. The smallest absolute Gasteiger partial charge is 0.408 e. The van der Waals surface area contributed by atoms with Crippen LogP contribution in [0.15, 0.2) is 30.3 Å². The van der Waals surface area contributed by atoms with Gasteiger partial charge in [0.1, 0.15) is 23.3 Å². The lowest BCUT2D eigenvalue weighted by atomic mass is 9.93. The number of hydrogen-bond donors (Lipinski definition) is 3. The lowest BCUT2D eigenvalue weighted by Crippen LogP contribution is -2.57. The Morgan fingerprint density at radius 3 is 1.87 bits per heavy atom. The van der Waals surface area contributed by atoms with Crippen molar-refractivity contribution in [1.29, 1.82) is 0 Å². The lowest BCUT2D eigenvalue weighted by molar-refractivity contribution is -0.133. The monoisotopic (exact) mass is 531 g/mol. The standard InChI is InChI=1S/C29H45N3O6/c1-18(2)14-21(24(33)29(8)17-37-29)30-26(35)23(16-20-12-10-9-11-13-20)31-25(34)22(15-19(3)4)32-27(36)38-28(5,6)7/h9-13,18-19,21-23H,14-17H2,1-8H3,(H,30,35)(H,31,34)(H,32,36)/t21-,22-,23-,29+/m0/s1. The maximum absolute atomic E-state index is 13.6. The molecule has 3 amide bonds. The molecule has 212 valence electrons. The van der Waals surface area contributed by atoms with Gasteiger partial charge in [-0.3, -0.25) is 14.4 Å². The quantitative estimate of drug-likeness (QED) is 0.334. The highest BCUT2D eigenvalue weighted by molar-refractivity contribution is 5.98. The number of rotatable bonds is 13. The summed E-state index contributed by atoms with van der Waals surface area (Å²) >= 11 is 0. The van der Waals surface area contributed by atoms with Crippen molar-refractivity contribution in [3.8, 4) is 0 Å². The molecule has 1 aromatic carbocycles. The summed E-state index contributed by atoms with van der Waals surface area (Å²) in [6.07, 6.45) is 0.318. The minimum absolute atomic E-state index is 0.0921. The summed E-state index contributed by atoms with van der Waals surface area (Å²) in [6, 6.07) is 6.71. The average Bonchev–Trinajstić information content (AvgIpc) is 3.54. The molecule has 3 N–H and O–H groups in total. The van der Waals surface area contributed by atoms with Gasteiger partial charge in [-0.25, -0.2) is 4.79 Å². The molecule has 1 heterocycles. The summed E-state index contributed by atoms with van der Waals surface area (Å²) in [5.41, 5.74) is -0.763. The highest BCUT2D eigenvalue weighted by Gasteiger charge is 2.50. The van der Waals surface area contributed by atoms with E-state index in [2.05, 4.69) is 16.0 Å². The Morgan fingerprint density at radius 1 is 0.868 bits per heavy atom. The first-order valence-corrected chi connectivity index (χ1v) is 13.4. The van der Waals surface area contributed by atoms with Crippen molar-refractivity contribution in [1.82, 2.24) is 16.0 Å². The molecule has 1 aliphatic rings. The van der Waals surface area contributed by atoms with Crippen LogP contribution in [-0.2, 0) is 30.3 Å². The zero-order chi connectivity index (χ0) is 28.7. The average molecular weight is 532 g/mol. The van der Waals surface area contributed by atoms with Gasteiger partial charge in [-0.05, 0) is 57.9 Å². The van der Waals surface area contributed by atoms with E-state index in [0.717, 1.165) is 5.56 Å². The van der Waals surface area contributed by atoms with E-state index < -0.39 is 47.2 Å². The molecular weight excluding hydrogens is 486 g/mol. The van der Waals surface area contributed by atoms with Crippen LogP contribution < -0.4 is 16.0 Å². The number of Topliss-reactive ketones (excluding diaryl/α,β-unsaturated/α-hetero) is 1. The third-order valence-electron chi connectivity index (χ3n) is 6.07. The van der Waals surface area contributed by atoms with Crippen LogP contribution in [0.25, 0.3) is 0 Å². The third-order valence-corrected chi connectivity index (χ3v) is 6.07. The first kappa shape index (κ1) is 31.3. The number of benzene rings is 1. The molecule has 0 aliphatic carbocycles. The fourth-order valence-corrected chi connectivity index (χ4v) is 4.08. The van der Waals surface area contributed by atoms with Crippen LogP contribution in [0.2, 0.25) is 0 Å². The van der Waals surface area contributed by atoms with Crippen molar-refractivity contribution >= 4 is 23.7 Å². The first-order valence-electron chi connectivity index (χ1n) is 13.4. The molecule has 1 fully saturated rings. The number of epoxide rings is 1. The highest BCUT2D eigenvalue weighted by Crippen LogP contribution is 2.29. The largest absolute Gasteiger partial charge is 0.444 e. The van der Waals surface area contributed by atoms with Crippen LogP contribution in [0.1, 0.15) is 73.8 Å². The van der Waals surface area contributed by atoms with Gasteiger partial charge in [-0.1, -0.05) is 58.0 Å².